The zero-order chi connectivity index (χ0) is 11.5. The summed E-state index contributed by atoms with van der Waals surface area (Å²) in [5.74, 6) is -0.254. The topological polar surface area (TPSA) is 33.0 Å². The van der Waals surface area contributed by atoms with Crippen molar-refractivity contribution in [3.63, 3.8) is 0 Å². The Morgan fingerprint density at radius 3 is 2.60 bits per heavy atom. The van der Waals surface area contributed by atoms with Crippen LogP contribution in [0.15, 0.2) is 18.2 Å². The molecule has 1 rings (SSSR count). The second kappa shape index (κ2) is 4.22. The number of hydrogen-bond acceptors (Lipinski definition) is 2. The van der Waals surface area contributed by atoms with Gasteiger partial charge in [0.25, 0.3) is 0 Å². The van der Waals surface area contributed by atoms with Gasteiger partial charge in [-0.1, -0.05) is 12.1 Å². The molecular weight excluding hydrogens is 207 g/mol. The molecule has 0 spiro atoms. The van der Waals surface area contributed by atoms with Crippen molar-refractivity contribution in [2.24, 2.45) is 0 Å². The molecule has 0 fully saturated rings. The molecule has 5 heteroatoms. The molecule has 80 valence electrons. The predicted octanol–water partition coefficient (Wildman–Crippen LogP) is 2.96. The molecule has 0 saturated heterocycles. The van der Waals surface area contributed by atoms with Crippen LogP contribution in [-0.4, -0.2) is 6.36 Å². The summed E-state index contributed by atoms with van der Waals surface area (Å²) >= 11 is 0. The molecule has 0 radical (unpaired) electrons. The van der Waals surface area contributed by atoms with E-state index >= 15 is 0 Å². The average molecular weight is 215 g/mol. The van der Waals surface area contributed by atoms with E-state index in [9.17, 15) is 13.2 Å². The molecule has 0 aromatic heterocycles. The Bertz CT molecular complexity index is 393. The van der Waals surface area contributed by atoms with E-state index < -0.39 is 6.36 Å². The molecule has 0 amide bonds. The quantitative estimate of drug-likeness (QED) is 0.759. The third-order valence-electron chi connectivity index (χ3n) is 1.76. The van der Waals surface area contributed by atoms with E-state index in [2.05, 4.69) is 4.74 Å². The van der Waals surface area contributed by atoms with Gasteiger partial charge in [-0.05, 0) is 24.1 Å². The summed E-state index contributed by atoms with van der Waals surface area (Å²) in [6.45, 7) is 1.51. The van der Waals surface area contributed by atoms with Gasteiger partial charge in [0.05, 0.1) is 12.5 Å². The molecule has 0 aliphatic carbocycles. The molecule has 0 unspecified atom stereocenters. The Morgan fingerprint density at radius 1 is 1.40 bits per heavy atom. The highest BCUT2D eigenvalue weighted by atomic mass is 19.4. The van der Waals surface area contributed by atoms with E-state index in [1.165, 1.54) is 19.1 Å². The van der Waals surface area contributed by atoms with E-state index in [0.717, 1.165) is 0 Å². The predicted molar refractivity (Wildman–Crippen MR) is 47.2 cm³/mol. The number of benzene rings is 1. The van der Waals surface area contributed by atoms with Crippen molar-refractivity contribution in [2.75, 3.05) is 0 Å². The maximum atomic E-state index is 12.0. The molecule has 2 nitrogen and oxygen atoms in total. The van der Waals surface area contributed by atoms with Gasteiger partial charge in [0.2, 0.25) is 0 Å². The first kappa shape index (κ1) is 11.4. The van der Waals surface area contributed by atoms with Crippen LogP contribution in [0, 0.1) is 18.3 Å². The Labute approximate surface area is 84.9 Å². The maximum absolute atomic E-state index is 12.0. The van der Waals surface area contributed by atoms with Gasteiger partial charge >= 0.3 is 6.36 Å². The van der Waals surface area contributed by atoms with Crippen LogP contribution >= 0.6 is 0 Å². The van der Waals surface area contributed by atoms with Crippen molar-refractivity contribution >= 4 is 0 Å². The van der Waals surface area contributed by atoms with Gasteiger partial charge in [0.15, 0.2) is 0 Å². The van der Waals surface area contributed by atoms with Crippen LogP contribution in [-0.2, 0) is 6.42 Å². The number of aryl methyl sites for hydroxylation is 1. The lowest BCUT2D eigenvalue weighted by Crippen LogP contribution is -2.17. The van der Waals surface area contributed by atoms with Crippen molar-refractivity contribution in [1.29, 1.82) is 5.26 Å². The summed E-state index contributed by atoms with van der Waals surface area (Å²) in [6.07, 6.45) is -4.63. The summed E-state index contributed by atoms with van der Waals surface area (Å²) in [5, 5.41) is 8.40. The summed E-state index contributed by atoms with van der Waals surface area (Å²) in [6, 6.07) is 6.18. The first-order chi connectivity index (χ1) is 6.92. The van der Waals surface area contributed by atoms with Gasteiger partial charge in [-0.3, -0.25) is 0 Å². The molecule has 0 heterocycles. The van der Waals surface area contributed by atoms with Crippen LogP contribution in [0.25, 0.3) is 0 Å². The fourth-order valence-electron chi connectivity index (χ4n) is 1.08. The van der Waals surface area contributed by atoms with Gasteiger partial charge < -0.3 is 4.74 Å². The SMILES string of the molecule is Cc1ccc(CC#N)cc1OC(F)(F)F. The lowest BCUT2D eigenvalue weighted by Gasteiger charge is -2.11. The zero-order valence-corrected chi connectivity index (χ0v) is 7.93. The highest BCUT2D eigenvalue weighted by Gasteiger charge is 2.31. The standard InChI is InChI=1S/C10H8F3NO/c1-7-2-3-8(4-5-14)6-9(7)15-10(11,12)13/h2-3,6H,4H2,1H3. The van der Waals surface area contributed by atoms with Gasteiger partial charge in [0, 0.05) is 0 Å². The summed E-state index contributed by atoms with van der Waals surface area (Å²) < 4.78 is 39.7. The van der Waals surface area contributed by atoms with Gasteiger partial charge in [-0.25, -0.2) is 0 Å². The van der Waals surface area contributed by atoms with Crippen molar-refractivity contribution < 1.29 is 17.9 Å². The molecule has 1 aromatic carbocycles. The number of hydrogen-bond donors (Lipinski definition) is 0. The second-order valence-corrected chi connectivity index (χ2v) is 2.98. The fourth-order valence-corrected chi connectivity index (χ4v) is 1.08. The third-order valence-corrected chi connectivity index (χ3v) is 1.76. The Hall–Kier alpha value is -1.70. The molecule has 0 saturated carbocycles. The number of rotatable bonds is 2. The summed E-state index contributed by atoms with van der Waals surface area (Å²) in [7, 11) is 0. The lowest BCUT2D eigenvalue weighted by atomic mass is 10.1. The largest absolute Gasteiger partial charge is 0.573 e. The van der Waals surface area contributed by atoms with E-state index in [1.54, 1.807) is 6.07 Å². The first-order valence-electron chi connectivity index (χ1n) is 4.14. The third kappa shape index (κ3) is 3.50. The molecule has 0 atom stereocenters. The maximum Gasteiger partial charge on any atom is 0.573 e. The van der Waals surface area contributed by atoms with Gasteiger partial charge in [-0.2, -0.15) is 5.26 Å². The Kier molecular flexibility index (Phi) is 3.20. The van der Waals surface area contributed by atoms with Crippen LogP contribution < -0.4 is 4.74 Å². The van der Waals surface area contributed by atoms with Gasteiger partial charge in [-0.15, -0.1) is 13.2 Å². The highest BCUT2D eigenvalue weighted by Crippen LogP contribution is 2.26. The minimum absolute atomic E-state index is 0.0640. The second-order valence-electron chi connectivity index (χ2n) is 2.98. The van der Waals surface area contributed by atoms with Crippen molar-refractivity contribution in [1.82, 2.24) is 0 Å². The minimum Gasteiger partial charge on any atom is -0.406 e. The molecule has 0 aliphatic rings. The van der Waals surface area contributed by atoms with Crippen molar-refractivity contribution in [3.05, 3.63) is 29.3 Å². The zero-order valence-electron chi connectivity index (χ0n) is 7.93. The number of nitrogens with zero attached hydrogens (tertiary/aromatic N) is 1. The highest BCUT2D eigenvalue weighted by molar-refractivity contribution is 5.37. The molecule has 15 heavy (non-hydrogen) atoms. The number of ether oxygens (including phenoxy) is 1. The molecular formula is C10H8F3NO. The minimum atomic E-state index is -4.70. The van der Waals surface area contributed by atoms with Crippen molar-refractivity contribution in [3.8, 4) is 11.8 Å². The smallest absolute Gasteiger partial charge is 0.406 e. The molecule has 0 aliphatic heterocycles. The summed E-state index contributed by atoms with van der Waals surface area (Å²) in [5.41, 5.74) is 0.886. The monoisotopic (exact) mass is 215 g/mol. The van der Waals surface area contributed by atoms with E-state index in [-0.39, 0.29) is 12.2 Å². The number of alkyl halides is 3. The van der Waals surface area contributed by atoms with E-state index in [1.807, 2.05) is 6.07 Å². The van der Waals surface area contributed by atoms with Gasteiger partial charge in [0.1, 0.15) is 5.75 Å². The fraction of sp³-hybridized carbons (Fsp3) is 0.300. The molecule has 0 bridgehead atoms. The normalized spacial score (nSPS) is 10.9. The lowest BCUT2D eigenvalue weighted by molar-refractivity contribution is -0.274. The van der Waals surface area contributed by atoms with Crippen molar-refractivity contribution in [2.45, 2.75) is 19.7 Å². The van der Waals surface area contributed by atoms with Crippen LogP contribution in [0.1, 0.15) is 11.1 Å². The summed E-state index contributed by atoms with van der Waals surface area (Å²) in [4.78, 5) is 0. The van der Waals surface area contributed by atoms with Crippen LogP contribution in [0.3, 0.4) is 0 Å². The van der Waals surface area contributed by atoms with Crippen LogP contribution in [0.2, 0.25) is 0 Å². The van der Waals surface area contributed by atoms with Crippen LogP contribution in [0.5, 0.6) is 5.75 Å². The van der Waals surface area contributed by atoms with E-state index in [4.69, 9.17) is 5.26 Å². The van der Waals surface area contributed by atoms with E-state index in [0.29, 0.717) is 11.1 Å². The number of nitriles is 1. The first-order valence-corrected chi connectivity index (χ1v) is 4.14. The number of halogens is 3. The Morgan fingerprint density at radius 2 is 2.07 bits per heavy atom. The average Bonchev–Trinajstić information content (AvgIpc) is 2.09. The molecule has 1 aromatic rings. The molecule has 0 N–H and O–H groups in total. The Balaban J connectivity index is 2.96. The van der Waals surface area contributed by atoms with Crippen LogP contribution in [0.4, 0.5) is 13.2 Å².